The van der Waals surface area contributed by atoms with Crippen molar-refractivity contribution < 1.29 is 8.78 Å². The Kier molecular flexibility index (Phi) is 5.30. The second-order valence-electron chi connectivity index (χ2n) is 6.21. The molecule has 1 aromatic rings. The molecule has 2 rings (SSSR count). The number of nitrogens with zero attached hydrogens (tertiary/aromatic N) is 2. The molecule has 0 amide bonds. The lowest BCUT2D eigenvalue weighted by Gasteiger charge is -2.25. The first kappa shape index (κ1) is 16.3. The molecule has 1 aliphatic rings. The monoisotopic (exact) mass is 297 g/mol. The largest absolute Gasteiger partial charge is 0.312 e. The number of likely N-dealkylation sites (tertiary alicyclic amines) is 1. The summed E-state index contributed by atoms with van der Waals surface area (Å²) in [5.74, 6) is -0.947. The summed E-state index contributed by atoms with van der Waals surface area (Å²) >= 11 is 0. The lowest BCUT2D eigenvalue weighted by Crippen LogP contribution is -2.36. The second kappa shape index (κ2) is 6.81. The fourth-order valence-corrected chi connectivity index (χ4v) is 3.26. The highest BCUT2D eigenvalue weighted by Crippen LogP contribution is 2.25. The Morgan fingerprint density at radius 2 is 2.05 bits per heavy atom. The van der Waals surface area contributed by atoms with Gasteiger partial charge in [-0.2, -0.15) is 0 Å². The molecular formula is C16H25F2N3. The molecule has 0 aromatic heterocycles. The lowest BCUT2D eigenvalue weighted by molar-refractivity contribution is 0.244. The minimum absolute atomic E-state index is 0.200. The molecule has 1 aliphatic heterocycles. The zero-order valence-electron chi connectivity index (χ0n) is 13.2. The van der Waals surface area contributed by atoms with Crippen molar-refractivity contribution in [2.24, 2.45) is 5.92 Å². The maximum atomic E-state index is 14.0. The highest BCUT2D eigenvalue weighted by atomic mass is 19.2. The zero-order chi connectivity index (χ0) is 15.6. The van der Waals surface area contributed by atoms with Crippen LogP contribution in [-0.4, -0.2) is 56.6 Å². The van der Waals surface area contributed by atoms with E-state index < -0.39 is 11.6 Å². The normalized spacial score (nSPS) is 24.7. The summed E-state index contributed by atoms with van der Waals surface area (Å²) in [5.41, 5.74) is 0.401. The number of rotatable bonds is 5. The van der Waals surface area contributed by atoms with Gasteiger partial charge in [-0.3, -0.25) is 4.90 Å². The van der Waals surface area contributed by atoms with Crippen molar-refractivity contribution in [1.29, 1.82) is 0 Å². The van der Waals surface area contributed by atoms with E-state index in [0.29, 0.717) is 24.1 Å². The van der Waals surface area contributed by atoms with Crippen LogP contribution in [0.15, 0.2) is 18.2 Å². The van der Waals surface area contributed by atoms with Crippen molar-refractivity contribution in [3.8, 4) is 0 Å². The van der Waals surface area contributed by atoms with Crippen molar-refractivity contribution >= 4 is 0 Å². The molecule has 1 heterocycles. The van der Waals surface area contributed by atoms with Crippen molar-refractivity contribution in [3.63, 3.8) is 0 Å². The van der Waals surface area contributed by atoms with Gasteiger partial charge in [-0.15, -0.1) is 0 Å². The van der Waals surface area contributed by atoms with E-state index in [2.05, 4.69) is 36.1 Å². The number of halogens is 2. The molecule has 1 fully saturated rings. The van der Waals surface area contributed by atoms with Gasteiger partial charge in [0.25, 0.3) is 0 Å². The van der Waals surface area contributed by atoms with Crippen molar-refractivity contribution in [3.05, 3.63) is 35.4 Å². The van der Waals surface area contributed by atoms with Gasteiger partial charge >= 0.3 is 0 Å². The molecule has 0 radical (unpaired) electrons. The van der Waals surface area contributed by atoms with Crippen molar-refractivity contribution in [2.75, 3.05) is 40.8 Å². The van der Waals surface area contributed by atoms with E-state index in [4.69, 9.17) is 0 Å². The topological polar surface area (TPSA) is 18.5 Å². The molecule has 0 bridgehead atoms. The molecule has 0 saturated carbocycles. The van der Waals surface area contributed by atoms with Gasteiger partial charge in [-0.05, 0) is 33.1 Å². The van der Waals surface area contributed by atoms with Crippen LogP contribution in [0.5, 0.6) is 0 Å². The number of hydrogen-bond acceptors (Lipinski definition) is 3. The zero-order valence-corrected chi connectivity index (χ0v) is 13.2. The molecule has 21 heavy (non-hydrogen) atoms. The SMILES string of the molecule is CNC(CN1CC(C)C(N(C)C)C1)c1cccc(F)c1F. The van der Waals surface area contributed by atoms with Crippen LogP contribution in [0.25, 0.3) is 0 Å². The summed E-state index contributed by atoms with van der Waals surface area (Å²) in [6.07, 6.45) is 0. The van der Waals surface area contributed by atoms with E-state index in [9.17, 15) is 8.78 Å². The van der Waals surface area contributed by atoms with Gasteiger partial charge in [0.1, 0.15) is 0 Å². The highest BCUT2D eigenvalue weighted by Gasteiger charge is 2.32. The van der Waals surface area contributed by atoms with E-state index in [1.165, 1.54) is 0 Å². The summed E-state index contributed by atoms with van der Waals surface area (Å²) < 4.78 is 27.3. The van der Waals surface area contributed by atoms with Crippen LogP contribution in [0.4, 0.5) is 8.78 Å². The number of likely N-dealkylation sites (N-methyl/N-ethyl adjacent to an activating group) is 2. The van der Waals surface area contributed by atoms with E-state index in [1.807, 2.05) is 0 Å². The van der Waals surface area contributed by atoms with Crippen molar-refractivity contribution in [1.82, 2.24) is 15.1 Å². The third-order valence-electron chi connectivity index (χ3n) is 4.46. The lowest BCUT2D eigenvalue weighted by atomic mass is 10.1. The number of nitrogens with one attached hydrogen (secondary N) is 1. The molecule has 3 atom stereocenters. The maximum absolute atomic E-state index is 14.0. The number of benzene rings is 1. The Morgan fingerprint density at radius 1 is 1.33 bits per heavy atom. The molecule has 118 valence electrons. The van der Waals surface area contributed by atoms with Crippen LogP contribution in [0.2, 0.25) is 0 Å². The van der Waals surface area contributed by atoms with Gasteiger partial charge in [-0.1, -0.05) is 19.1 Å². The Labute approximate surface area is 125 Å². The van der Waals surface area contributed by atoms with E-state index in [1.54, 1.807) is 19.2 Å². The summed E-state index contributed by atoms with van der Waals surface area (Å²) in [6.45, 7) is 4.87. The molecule has 3 unspecified atom stereocenters. The summed E-state index contributed by atoms with van der Waals surface area (Å²) in [4.78, 5) is 4.56. The predicted molar refractivity (Wildman–Crippen MR) is 81.2 cm³/mol. The highest BCUT2D eigenvalue weighted by molar-refractivity contribution is 5.23. The first-order valence-corrected chi connectivity index (χ1v) is 7.44. The van der Waals surface area contributed by atoms with Gasteiger partial charge in [0.05, 0.1) is 0 Å². The Hall–Kier alpha value is -1.04. The van der Waals surface area contributed by atoms with Crippen LogP contribution in [-0.2, 0) is 0 Å². The molecule has 1 saturated heterocycles. The van der Waals surface area contributed by atoms with Crippen LogP contribution < -0.4 is 5.32 Å². The first-order chi connectivity index (χ1) is 9.93. The standard InChI is InChI=1S/C16H25F2N3/c1-11-8-21(10-15(11)20(3)4)9-14(19-2)12-6-5-7-13(17)16(12)18/h5-7,11,14-15,19H,8-10H2,1-4H3. The molecule has 1 aromatic carbocycles. The van der Waals surface area contributed by atoms with Gasteiger partial charge in [0.15, 0.2) is 11.6 Å². The molecule has 1 N–H and O–H groups in total. The number of hydrogen-bond donors (Lipinski definition) is 1. The Bertz CT molecular complexity index is 479. The fraction of sp³-hybridized carbons (Fsp3) is 0.625. The molecule has 5 heteroatoms. The van der Waals surface area contributed by atoms with Gasteiger partial charge in [0, 0.05) is 37.3 Å². The molecular weight excluding hydrogens is 272 g/mol. The summed E-state index contributed by atoms with van der Waals surface area (Å²) in [5, 5.41) is 3.11. The van der Waals surface area contributed by atoms with Crippen LogP contribution >= 0.6 is 0 Å². The smallest absolute Gasteiger partial charge is 0.163 e. The van der Waals surface area contributed by atoms with Gasteiger partial charge < -0.3 is 10.2 Å². The van der Waals surface area contributed by atoms with Gasteiger partial charge in [0.2, 0.25) is 0 Å². The maximum Gasteiger partial charge on any atom is 0.163 e. The second-order valence-corrected chi connectivity index (χ2v) is 6.21. The fourth-order valence-electron chi connectivity index (χ4n) is 3.26. The minimum Gasteiger partial charge on any atom is -0.312 e. The molecule has 0 spiro atoms. The van der Waals surface area contributed by atoms with Crippen LogP contribution in [0, 0.1) is 17.6 Å². The minimum atomic E-state index is -0.784. The van der Waals surface area contributed by atoms with Crippen LogP contribution in [0.3, 0.4) is 0 Å². The predicted octanol–water partition coefficient (Wildman–Crippen LogP) is 2.11. The quantitative estimate of drug-likeness (QED) is 0.898. The third kappa shape index (κ3) is 3.59. The molecule has 0 aliphatic carbocycles. The van der Waals surface area contributed by atoms with E-state index >= 15 is 0 Å². The van der Waals surface area contributed by atoms with Crippen molar-refractivity contribution in [2.45, 2.75) is 19.0 Å². The third-order valence-corrected chi connectivity index (χ3v) is 4.46. The van der Waals surface area contributed by atoms with Gasteiger partial charge in [-0.25, -0.2) is 8.78 Å². The molecule has 3 nitrogen and oxygen atoms in total. The van der Waals surface area contributed by atoms with E-state index in [-0.39, 0.29) is 6.04 Å². The summed E-state index contributed by atoms with van der Waals surface area (Å²) in [7, 11) is 5.97. The Morgan fingerprint density at radius 3 is 2.62 bits per heavy atom. The van der Waals surface area contributed by atoms with E-state index in [0.717, 1.165) is 19.2 Å². The average Bonchev–Trinajstić information content (AvgIpc) is 2.80. The van der Waals surface area contributed by atoms with Crippen LogP contribution in [0.1, 0.15) is 18.5 Å². The summed E-state index contributed by atoms with van der Waals surface area (Å²) in [6, 6.07) is 4.69. The Balaban J connectivity index is 2.08. The first-order valence-electron chi connectivity index (χ1n) is 7.44. The average molecular weight is 297 g/mol.